The first kappa shape index (κ1) is 23.0. The van der Waals surface area contributed by atoms with E-state index in [1.165, 1.54) is 50.9 Å². The largest absolute Gasteiger partial charge is 0.370 e. The van der Waals surface area contributed by atoms with Crippen LogP contribution in [0.4, 0.5) is 0 Å². The summed E-state index contributed by atoms with van der Waals surface area (Å²) in [4.78, 5) is 4.57. The lowest BCUT2D eigenvalue weighted by Gasteiger charge is -2.30. The molecule has 138 valence electrons. The number of unbranched alkanes of at least 4 members (excludes halogenated alkanes) is 2. The number of guanidine groups is 1. The van der Waals surface area contributed by atoms with Crippen LogP contribution in [0.2, 0.25) is 0 Å². The van der Waals surface area contributed by atoms with E-state index in [0.29, 0.717) is 0 Å². The number of nitrogens with zero attached hydrogens (tertiary/aromatic N) is 2. The smallest absolute Gasteiger partial charge is 0.188 e. The molecule has 1 aliphatic rings. The van der Waals surface area contributed by atoms with Gasteiger partial charge in [0.15, 0.2) is 5.96 Å². The van der Waals surface area contributed by atoms with Gasteiger partial charge in [0.05, 0.1) is 6.04 Å². The lowest BCUT2D eigenvalue weighted by molar-refractivity contribution is 0.303. The van der Waals surface area contributed by atoms with Gasteiger partial charge in [0.25, 0.3) is 0 Å². The Kier molecular flexibility index (Phi) is 11.9. The van der Waals surface area contributed by atoms with Crippen LogP contribution in [-0.4, -0.2) is 41.9 Å². The molecule has 1 unspecified atom stereocenters. The lowest BCUT2D eigenvalue weighted by atomic mass is 10.1. The van der Waals surface area contributed by atoms with Gasteiger partial charge in [-0.3, -0.25) is 5.41 Å². The van der Waals surface area contributed by atoms with Crippen LogP contribution in [0.3, 0.4) is 0 Å². The molecule has 0 aromatic heterocycles. The monoisotopic (exact) mass is 374 g/mol. The highest BCUT2D eigenvalue weighted by atomic mass is 35.5. The van der Waals surface area contributed by atoms with E-state index in [2.05, 4.69) is 24.0 Å². The van der Waals surface area contributed by atoms with Gasteiger partial charge in [0.2, 0.25) is 0 Å². The number of hydrogen-bond acceptors (Lipinski definition) is 2. The van der Waals surface area contributed by atoms with Crippen LogP contribution >= 0.6 is 24.8 Å². The third-order valence-electron chi connectivity index (χ3n) is 4.63. The first-order chi connectivity index (χ1) is 10.7. The van der Waals surface area contributed by atoms with Crippen molar-refractivity contribution in [1.29, 1.82) is 5.41 Å². The number of likely N-dealkylation sites (tertiary alicyclic amines) is 1. The molecule has 1 aliphatic heterocycles. The summed E-state index contributed by atoms with van der Waals surface area (Å²) in [5.74, 6) is 0.177. The van der Waals surface area contributed by atoms with Crippen molar-refractivity contribution >= 4 is 30.8 Å². The van der Waals surface area contributed by atoms with Crippen LogP contribution < -0.4 is 5.73 Å². The Hall–Kier alpha value is -0.970. The highest BCUT2D eigenvalue weighted by Crippen LogP contribution is 2.20. The average Bonchev–Trinajstić information content (AvgIpc) is 3.04. The zero-order valence-corrected chi connectivity index (χ0v) is 16.2. The maximum Gasteiger partial charge on any atom is 0.188 e. The predicted molar refractivity (Wildman–Crippen MR) is 107 cm³/mol. The number of hydrogen-bond donors (Lipinski definition) is 2. The molecule has 0 radical (unpaired) electrons. The zero-order chi connectivity index (χ0) is 15.8. The fourth-order valence-electron chi connectivity index (χ4n) is 3.23. The quantitative estimate of drug-likeness (QED) is 0.409. The second-order valence-electron chi connectivity index (χ2n) is 6.27. The lowest BCUT2D eigenvalue weighted by Crippen LogP contribution is -2.39. The van der Waals surface area contributed by atoms with E-state index in [1.54, 1.807) is 0 Å². The van der Waals surface area contributed by atoms with Gasteiger partial charge in [-0.1, -0.05) is 36.8 Å². The molecule has 1 atom stereocenters. The Bertz CT molecular complexity index is 450. The number of nitrogens with one attached hydrogen (secondary N) is 1. The molecule has 0 amide bonds. The molecule has 1 aromatic carbocycles. The number of nitrogens with two attached hydrogens (primary N) is 1. The van der Waals surface area contributed by atoms with Gasteiger partial charge in [-0.25, -0.2) is 0 Å². The van der Waals surface area contributed by atoms with Crippen molar-refractivity contribution in [2.75, 3.05) is 26.2 Å². The van der Waals surface area contributed by atoms with Gasteiger partial charge in [0, 0.05) is 6.54 Å². The first-order valence-electron chi connectivity index (χ1n) is 8.56. The molecular formula is C18H32Cl2N4. The summed E-state index contributed by atoms with van der Waals surface area (Å²) >= 11 is 0. The van der Waals surface area contributed by atoms with Crippen molar-refractivity contribution in [3.8, 4) is 0 Å². The Morgan fingerprint density at radius 1 is 1.12 bits per heavy atom. The average molecular weight is 375 g/mol. The SMILES string of the molecule is CC(c1ccccc1)N(CCCCCN1CCCC1)C(=N)N.Cl.Cl. The number of rotatable bonds is 8. The van der Waals surface area contributed by atoms with Crippen molar-refractivity contribution < 1.29 is 0 Å². The summed E-state index contributed by atoms with van der Waals surface area (Å²) in [5.41, 5.74) is 7.01. The minimum atomic E-state index is 0. The zero-order valence-electron chi connectivity index (χ0n) is 14.6. The molecule has 1 aromatic rings. The van der Waals surface area contributed by atoms with Gasteiger partial charge >= 0.3 is 0 Å². The molecular weight excluding hydrogens is 343 g/mol. The number of halogens is 2. The van der Waals surface area contributed by atoms with Gasteiger partial charge in [-0.05, 0) is 57.8 Å². The van der Waals surface area contributed by atoms with Crippen molar-refractivity contribution in [1.82, 2.24) is 9.80 Å². The van der Waals surface area contributed by atoms with Gasteiger partial charge in [0.1, 0.15) is 0 Å². The Morgan fingerprint density at radius 3 is 2.33 bits per heavy atom. The normalized spacial score (nSPS) is 15.2. The molecule has 0 bridgehead atoms. The Labute approximate surface area is 159 Å². The molecule has 0 saturated carbocycles. The summed E-state index contributed by atoms with van der Waals surface area (Å²) in [6, 6.07) is 10.5. The Morgan fingerprint density at radius 2 is 1.75 bits per heavy atom. The first-order valence-corrected chi connectivity index (χ1v) is 8.56. The highest BCUT2D eigenvalue weighted by molar-refractivity contribution is 5.85. The maximum absolute atomic E-state index is 7.84. The second-order valence-corrected chi connectivity index (χ2v) is 6.27. The Balaban J connectivity index is 0.00000264. The second kappa shape index (κ2) is 12.4. The minimum absolute atomic E-state index is 0. The summed E-state index contributed by atoms with van der Waals surface area (Å²) in [6.07, 6.45) is 6.30. The van der Waals surface area contributed by atoms with Crippen LogP contribution in [0.5, 0.6) is 0 Å². The maximum atomic E-state index is 7.84. The third kappa shape index (κ3) is 7.29. The topological polar surface area (TPSA) is 56.4 Å². The van der Waals surface area contributed by atoms with Crippen LogP contribution in [0.1, 0.15) is 50.6 Å². The molecule has 1 saturated heterocycles. The van der Waals surface area contributed by atoms with E-state index in [1.807, 2.05) is 23.1 Å². The number of benzene rings is 1. The standard InChI is InChI=1S/C18H30N4.2ClH/c1-16(17-10-4-2-5-11-17)22(18(19)20)15-7-3-6-12-21-13-8-9-14-21;;/h2,4-5,10-11,16H,3,6-9,12-15H2,1H3,(H3,19,20);2*1H. The fourth-order valence-corrected chi connectivity index (χ4v) is 3.23. The van der Waals surface area contributed by atoms with Crippen molar-refractivity contribution in [2.24, 2.45) is 5.73 Å². The molecule has 0 aliphatic carbocycles. The van der Waals surface area contributed by atoms with Crippen molar-refractivity contribution in [3.63, 3.8) is 0 Å². The minimum Gasteiger partial charge on any atom is -0.370 e. The van der Waals surface area contributed by atoms with E-state index in [-0.39, 0.29) is 36.8 Å². The van der Waals surface area contributed by atoms with E-state index < -0.39 is 0 Å². The summed E-state index contributed by atoms with van der Waals surface area (Å²) in [7, 11) is 0. The van der Waals surface area contributed by atoms with E-state index in [9.17, 15) is 0 Å². The molecule has 2 rings (SSSR count). The molecule has 24 heavy (non-hydrogen) atoms. The summed E-state index contributed by atoms with van der Waals surface area (Å²) in [6.45, 7) is 6.79. The fraction of sp³-hybridized carbons (Fsp3) is 0.611. The van der Waals surface area contributed by atoms with Crippen molar-refractivity contribution in [3.05, 3.63) is 35.9 Å². The van der Waals surface area contributed by atoms with Crippen LogP contribution in [-0.2, 0) is 0 Å². The van der Waals surface area contributed by atoms with Crippen LogP contribution in [0.15, 0.2) is 30.3 Å². The van der Waals surface area contributed by atoms with Gasteiger partial charge in [-0.2, -0.15) is 0 Å². The van der Waals surface area contributed by atoms with Gasteiger partial charge in [-0.15, -0.1) is 24.8 Å². The molecule has 1 fully saturated rings. The van der Waals surface area contributed by atoms with Crippen molar-refractivity contribution in [2.45, 2.75) is 45.1 Å². The molecule has 3 N–H and O–H groups in total. The van der Waals surface area contributed by atoms with E-state index in [4.69, 9.17) is 11.1 Å². The third-order valence-corrected chi connectivity index (χ3v) is 4.63. The van der Waals surface area contributed by atoms with Crippen LogP contribution in [0, 0.1) is 5.41 Å². The molecule has 0 spiro atoms. The predicted octanol–water partition coefficient (Wildman–Crippen LogP) is 4.05. The summed E-state index contributed by atoms with van der Waals surface area (Å²) in [5, 5.41) is 7.84. The molecule has 6 heteroatoms. The van der Waals surface area contributed by atoms with E-state index in [0.717, 1.165) is 13.0 Å². The van der Waals surface area contributed by atoms with E-state index >= 15 is 0 Å². The summed E-state index contributed by atoms with van der Waals surface area (Å²) < 4.78 is 0. The highest BCUT2D eigenvalue weighted by Gasteiger charge is 2.16. The van der Waals surface area contributed by atoms with Gasteiger partial charge < -0.3 is 15.5 Å². The molecule has 1 heterocycles. The molecule has 4 nitrogen and oxygen atoms in total. The van der Waals surface area contributed by atoms with Crippen LogP contribution in [0.25, 0.3) is 0 Å².